The third kappa shape index (κ3) is 6.08. The predicted molar refractivity (Wildman–Crippen MR) is 66.1 cm³/mol. The highest BCUT2D eigenvalue weighted by molar-refractivity contribution is 5.77. The smallest absolute Gasteiger partial charge is 0.220 e. The monoisotopic (exact) mass is 230 g/mol. The first-order valence-corrected chi connectivity index (χ1v) is 5.64. The van der Waals surface area contributed by atoms with E-state index in [2.05, 4.69) is 5.32 Å². The zero-order chi connectivity index (χ0) is 13.0. The van der Waals surface area contributed by atoms with Gasteiger partial charge in [0.2, 0.25) is 5.91 Å². The van der Waals surface area contributed by atoms with Crippen LogP contribution in [0.3, 0.4) is 0 Å². The molecule has 0 aromatic rings. The van der Waals surface area contributed by atoms with Crippen molar-refractivity contribution in [2.24, 2.45) is 11.1 Å². The quantitative estimate of drug-likeness (QED) is 0.748. The van der Waals surface area contributed by atoms with Crippen LogP contribution in [0.1, 0.15) is 41.0 Å². The zero-order valence-electron chi connectivity index (χ0n) is 11.4. The molecule has 1 amide bonds. The van der Waals surface area contributed by atoms with Gasteiger partial charge in [-0.25, -0.2) is 0 Å². The molecule has 0 aliphatic carbocycles. The van der Waals surface area contributed by atoms with Crippen molar-refractivity contribution in [1.82, 2.24) is 5.32 Å². The van der Waals surface area contributed by atoms with Crippen molar-refractivity contribution >= 4 is 5.91 Å². The molecule has 16 heavy (non-hydrogen) atoms. The van der Waals surface area contributed by atoms with Crippen LogP contribution in [0.4, 0.5) is 0 Å². The van der Waals surface area contributed by atoms with Crippen LogP contribution in [-0.2, 0) is 9.53 Å². The maximum absolute atomic E-state index is 11.8. The molecule has 0 saturated heterocycles. The second-order valence-electron chi connectivity index (χ2n) is 6.07. The summed E-state index contributed by atoms with van der Waals surface area (Å²) in [5, 5.41) is 2.95. The summed E-state index contributed by atoms with van der Waals surface area (Å²) in [4.78, 5) is 11.8. The second kappa shape index (κ2) is 5.64. The normalized spacial score (nSPS) is 14.7. The van der Waals surface area contributed by atoms with E-state index in [1.807, 2.05) is 34.6 Å². The molecular formula is C12H26N2O2. The van der Waals surface area contributed by atoms with E-state index in [1.54, 1.807) is 7.11 Å². The summed E-state index contributed by atoms with van der Waals surface area (Å²) in [6, 6.07) is -0.207. The maximum atomic E-state index is 11.8. The molecular weight excluding hydrogens is 204 g/mol. The van der Waals surface area contributed by atoms with E-state index >= 15 is 0 Å². The lowest BCUT2D eigenvalue weighted by atomic mass is 9.90. The van der Waals surface area contributed by atoms with Crippen LogP contribution in [0, 0.1) is 5.41 Å². The number of ether oxygens (including phenoxy) is 1. The number of nitrogens with one attached hydrogen (secondary N) is 1. The standard InChI is InChI=1S/C12H26N2O2/c1-11(2,3)7-10(15)14-12(4,5)9(13)8-16-6/h9H,7-8,13H2,1-6H3,(H,14,15)/t9-/m1/s1. The number of nitrogens with two attached hydrogens (primary N) is 1. The number of methoxy groups -OCH3 is 1. The molecule has 0 radical (unpaired) electrons. The Hall–Kier alpha value is -0.610. The molecule has 0 aromatic heterocycles. The molecule has 0 aliphatic rings. The number of hydrogen-bond donors (Lipinski definition) is 2. The molecule has 0 aromatic carbocycles. The van der Waals surface area contributed by atoms with Crippen molar-refractivity contribution in [3.8, 4) is 0 Å². The minimum Gasteiger partial charge on any atom is -0.383 e. The molecule has 96 valence electrons. The number of carbonyl (C=O) groups excluding carboxylic acids is 1. The Morgan fingerprint density at radius 1 is 1.31 bits per heavy atom. The Kier molecular flexibility index (Phi) is 5.42. The van der Waals surface area contributed by atoms with Gasteiger partial charge in [-0.05, 0) is 19.3 Å². The summed E-state index contributed by atoms with van der Waals surface area (Å²) in [6.45, 7) is 10.4. The summed E-state index contributed by atoms with van der Waals surface area (Å²) < 4.78 is 5.00. The van der Waals surface area contributed by atoms with Crippen LogP contribution in [0.5, 0.6) is 0 Å². The highest BCUT2D eigenvalue weighted by atomic mass is 16.5. The van der Waals surface area contributed by atoms with Crippen molar-refractivity contribution in [3.05, 3.63) is 0 Å². The van der Waals surface area contributed by atoms with Crippen LogP contribution in [0.2, 0.25) is 0 Å². The zero-order valence-corrected chi connectivity index (χ0v) is 11.4. The topological polar surface area (TPSA) is 64.3 Å². The molecule has 0 bridgehead atoms. The summed E-state index contributed by atoms with van der Waals surface area (Å²) in [7, 11) is 1.60. The fourth-order valence-electron chi connectivity index (χ4n) is 1.37. The Morgan fingerprint density at radius 3 is 2.19 bits per heavy atom. The van der Waals surface area contributed by atoms with Gasteiger partial charge < -0.3 is 15.8 Å². The molecule has 0 saturated carbocycles. The molecule has 0 spiro atoms. The fraction of sp³-hybridized carbons (Fsp3) is 0.917. The van der Waals surface area contributed by atoms with Crippen molar-refractivity contribution in [1.29, 1.82) is 0 Å². The minimum atomic E-state index is -0.446. The minimum absolute atomic E-state index is 0.00842. The van der Waals surface area contributed by atoms with E-state index < -0.39 is 5.54 Å². The third-order valence-electron chi connectivity index (χ3n) is 2.43. The van der Waals surface area contributed by atoms with Gasteiger partial charge in [-0.1, -0.05) is 20.8 Å². The van der Waals surface area contributed by atoms with Crippen molar-refractivity contribution < 1.29 is 9.53 Å². The van der Waals surface area contributed by atoms with E-state index in [4.69, 9.17) is 10.5 Å². The second-order valence-corrected chi connectivity index (χ2v) is 6.07. The SMILES string of the molecule is COC[C@@H](N)C(C)(C)NC(=O)CC(C)(C)C. The summed E-state index contributed by atoms with van der Waals surface area (Å²) in [5.74, 6) is 0.0315. The fourth-order valence-corrected chi connectivity index (χ4v) is 1.37. The van der Waals surface area contributed by atoms with Gasteiger partial charge in [0.15, 0.2) is 0 Å². The largest absolute Gasteiger partial charge is 0.383 e. The molecule has 0 unspecified atom stereocenters. The average Bonchev–Trinajstić information content (AvgIpc) is 1.99. The molecule has 1 atom stereocenters. The highest BCUT2D eigenvalue weighted by Crippen LogP contribution is 2.19. The van der Waals surface area contributed by atoms with Gasteiger partial charge in [0.1, 0.15) is 0 Å². The Balaban J connectivity index is 4.30. The van der Waals surface area contributed by atoms with E-state index in [0.717, 1.165) is 0 Å². The van der Waals surface area contributed by atoms with E-state index in [1.165, 1.54) is 0 Å². The number of rotatable bonds is 5. The van der Waals surface area contributed by atoms with Gasteiger partial charge in [-0.2, -0.15) is 0 Å². The third-order valence-corrected chi connectivity index (χ3v) is 2.43. The number of amides is 1. The Morgan fingerprint density at radius 2 is 1.81 bits per heavy atom. The first kappa shape index (κ1) is 15.4. The lowest BCUT2D eigenvalue weighted by Gasteiger charge is -2.33. The molecule has 0 aliphatic heterocycles. The van der Waals surface area contributed by atoms with Gasteiger partial charge in [-0.3, -0.25) is 4.79 Å². The van der Waals surface area contributed by atoms with Crippen LogP contribution >= 0.6 is 0 Å². The molecule has 0 heterocycles. The first-order chi connectivity index (χ1) is 7.08. The van der Waals surface area contributed by atoms with Crippen molar-refractivity contribution in [3.63, 3.8) is 0 Å². The Labute approximate surface area is 98.9 Å². The Bertz CT molecular complexity index is 232. The molecule has 0 fully saturated rings. The van der Waals surface area contributed by atoms with Gasteiger partial charge in [0, 0.05) is 13.5 Å². The maximum Gasteiger partial charge on any atom is 0.220 e. The summed E-state index contributed by atoms with van der Waals surface area (Å²) in [5.41, 5.74) is 5.48. The van der Waals surface area contributed by atoms with E-state index in [-0.39, 0.29) is 17.4 Å². The summed E-state index contributed by atoms with van der Waals surface area (Å²) >= 11 is 0. The van der Waals surface area contributed by atoms with Gasteiger partial charge in [0.05, 0.1) is 18.2 Å². The van der Waals surface area contributed by atoms with E-state index in [0.29, 0.717) is 13.0 Å². The van der Waals surface area contributed by atoms with Gasteiger partial charge in [0.25, 0.3) is 0 Å². The lowest BCUT2D eigenvalue weighted by molar-refractivity contribution is -0.124. The highest BCUT2D eigenvalue weighted by Gasteiger charge is 2.29. The first-order valence-electron chi connectivity index (χ1n) is 5.64. The van der Waals surface area contributed by atoms with Crippen LogP contribution in [-0.4, -0.2) is 31.2 Å². The van der Waals surface area contributed by atoms with Crippen molar-refractivity contribution in [2.45, 2.75) is 52.6 Å². The number of carbonyl (C=O) groups is 1. The lowest BCUT2D eigenvalue weighted by Crippen LogP contribution is -2.58. The number of hydrogen-bond acceptors (Lipinski definition) is 3. The molecule has 3 N–H and O–H groups in total. The van der Waals surface area contributed by atoms with Gasteiger partial charge >= 0.3 is 0 Å². The average molecular weight is 230 g/mol. The van der Waals surface area contributed by atoms with Crippen LogP contribution in [0.25, 0.3) is 0 Å². The predicted octanol–water partition coefficient (Wildman–Crippen LogP) is 1.29. The van der Waals surface area contributed by atoms with Crippen molar-refractivity contribution in [2.75, 3.05) is 13.7 Å². The summed E-state index contributed by atoms with van der Waals surface area (Å²) in [6.07, 6.45) is 0.496. The molecule has 0 rings (SSSR count). The van der Waals surface area contributed by atoms with Gasteiger partial charge in [-0.15, -0.1) is 0 Å². The molecule has 4 nitrogen and oxygen atoms in total. The van der Waals surface area contributed by atoms with Crippen LogP contribution in [0.15, 0.2) is 0 Å². The van der Waals surface area contributed by atoms with E-state index in [9.17, 15) is 4.79 Å². The molecule has 4 heteroatoms. The van der Waals surface area contributed by atoms with Crippen LogP contribution < -0.4 is 11.1 Å².